The van der Waals surface area contributed by atoms with Crippen molar-refractivity contribution in [3.63, 3.8) is 0 Å². The van der Waals surface area contributed by atoms with Crippen molar-refractivity contribution in [2.75, 3.05) is 19.4 Å². The van der Waals surface area contributed by atoms with Crippen molar-refractivity contribution in [3.8, 4) is 0 Å². The number of amidine groups is 1. The lowest BCUT2D eigenvalue weighted by Crippen LogP contribution is -2.39. The van der Waals surface area contributed by atoms with Crippen LogP contribution in [0.1, 0.15) is 13.8 Å². The molecule has 0 amide bonds. The lowest BCUT2D eigenvalue weighted by atomic mass is 10.0. The van der Waals surface area contributed by atoms with Crippen LogP contribution in [0, 0.1) is 5.92 Å². The number of nitrogens with zero attached hydrogens (tertiary/aromatic N) is 2. The molecule has 5 heteroatoms. The minimum Gasteiger partial charge on any atom is -0.466 e. The van der Waals surface area contributed by atoms with Gasteiger partial charge in [0.1, 0.15) is 0 Å². The number of ether oxygens (including phenoxy) is 1. The molecule has 1 saturated heterocycles. The molecule has 0 aromatic heterocycles. The molecule has 1 aliphatic heterocycles. The summed E-state index contributed by atoms with van der Waals surface area (Å²) < 4.78 is 5.10. The first kappa shape index (κ1) is 14.9. The van der Waals surface area contributed by atoms with Crippen molar-refractivity contribution in [1.29, 1.82) is 0 Å². The fourth-order valence-electron chi connectivity index (χ4n) is 2.15. The minimum absolute atomic E-state index is 0.133. The number of esters is 1. The van der Waals surface area contributed by atoms with Crippen molar-refractivity contribution in [2.45, 2.75) is 19.9 Å². The Bertz CT molecular complexity index is 490. The summed E-state index contributed by atoms with van der Waals surface area (Å²) in [6, 6.07) is 10.0. The average Bonchev–Trinajstić information content (AvgIpc) is 2.81. The third kappa shape index (κ3) is 3.33. The normalized spacial score (nSPS) is 22.1. The Balaban J connectivity index is 2.07. The first-order chi connectivity index (χ1) is 9.63. The molecule has 0 radical (unpaired) electrons. The number of thioether (sulfide) groups is 1. The van der Waals surface area contributed by atoms with Gasteiger partial charge in [-0.1, -0.05) is 30.0 Å². The molecule has 0 N–H and O–H groups in total. The topological polar surface area (TPSA) is 41.9 Å². The summed E-state index contributed by atoms with van der Waals surface area (Å²) in [5.41, 5.74) is 0.936. The zero-order valence-electron chi connectivity index (χ0n) is 12.1. The fraction of sp³-hybridized carbons (Fsp3) is 0.467. The summed E-state index contributed by atoms with van der Waals surface area (Å²) in [5, 5.41) is 0.956. The minimum atomic E-state index is -0.143. The highest BCUT2D eigenvalue weighted by Gasteiger charge is 2.35. The number of hydrogen-bond donors (Lipinski definition) is 0. The van der Waals surface area contributed by atoms with Gasteiger partial charge in [0.05, 0.1) is 24.3 Å². The zero-order valence-corrected chi connectivity index (χ0v) is 12.9. The standard InChI is InChI=1S/C15H20N2O2S/c1-4-19-14(18)11(2)13-10-20-15(17(13)3)16-12-8-6-5-7-9-12/h5-9,11,13H,4,10H2,1-3H3. The SMILES string of the molecule is CCOC(=O)C(C)C1CSC(=Nc2ccccc2)N1C. The largest absolute Gasteiger partial charge is 0.466 e. The molecule has 1 heterocycles. The highest BCUT2D eigenvalue weighted by Crippen LogP contribution is 2.29. The maximum Gasteiger partial charge on any atom is 0.310 e. The Hall–Kier alpha value is -1.49. The molecular weight excluding hydrogens is 272 g/mol. The second-order valence-electron chi connectivity index (χ2n) is 4.76. The summed E-state index contributed by atoms with van der Waals surface area (Å²) in [6.07, 6.45) is 0. The number of rotatable bonds is 4. The van der Waals surface area contributed by atoms with E-state index in [0.717, 1.165) is 16.6 Å². The summed E-state index contributed by atoms with van der Waals surface area (Å²) in [6.45, 7) is 4.18. The predicted molar refractivity (Wildman–Crippen MR) is 83.3 cm³/mol. The van der Waals surface area contributed by atoms with Crippen LogP contribution in [-0.2, 0) is 9.53 Å². The van der Waals surface area contributed by atoms with Crippen LogP contribution in [0.25, 0.3) is 0 Å². The Labute approximate surface area is 124 Å². The number of aliphatic imine (C=N–C) groups is 1. The summed E-state index contributed by atoms with van der Waals surface area (Å²) >= 11 is 1.69. The van der Waals surface area contributed by atoms with E-state index in [0.29, 0.717) is 6.61 Å². The van der Waals surface area contributed by atoms with Crippen LogP contribution in [0.2, 0.25) is 0 Å². The van der Waals surface area contributed by atoms with Crippen molar-refractivity contribution in [3.05, 3.63) is 30.3 Å². The van der Waals surface area contributed by atoms with Crippen molar-refractivity contribution >= 4 is 28.6 Å². The molecule has 1 aliphatic rings. The second kappa shape index (κ2) is 6.79. The molecule has 0 spiro atoms. The molecule has 0 saturated carbocycles. The lowest BCUT2D eigenvalue weighted by Gasteiger charge is -2.25. The Morgan fingerprint density at radius 2 is 2.20 bits per heavy atom. The second-order valence-corrected chi connectivity index (χ2v) is 5.75. The van der Waals surface area contributed by atoms with Gasteiger partial charge < -0.3 is 9.64 Å². The van der Waals surface area contributed by atoms with Gasteiger partial charge in [0, 0.05) is 12.8 Å². The van der Waals surface area contributed by atoms with Crippen LogP contribution in [0.3, 0.4) is 0 Å². The number of para-hydroxylation sites is 1. The molecular formula is C15H20N2O2S. The van der Waals surface area contributed by atoms with E-state index in [1.165, 1.54) is 0 Å². The summed E-state index contributed by atoms with van der Waals surface area (Å²) in [7, 11) is 1.99. The van der Waals surface area contributed by atoms with Gasteiger partial charge in [-0.05, 0) is 26.0 Å². The molecule has 108 valence electrons. The Morgan fingerprint density at radius 3 is 2.85 bits per heavy atom. The number of hydrogen-bond acceptors (Lipinski definition) is 4. The van der Waals surface area contributed by atoms with E-state index < -0.39 is 0 Å². The first-order valence-electron chi connectivity index (χ1n) is 6.79. The van der Waals surface area contributed by atoms with Crippen molar-refractivity contribution in [2.24, 2.45) is 10.9 Å². The van der Waals surface area contributed by atoms with Gasteiger partial charge in [-0.2, -0.15) is 0 Å². The van der Waals surface area contributed by atoms with Gasteiger partial charge in [0.15, 0.2) is 5.17 Å². The molecule has 1 fully saturated rings. The lowest BCUT2D eigenvalue weighted by molar-refractivity contribution is -0.148. The number of benzene rings is 1. The van der Waals surface area contributed by atoms with E-state index in [-0.39, 0.29) is 17.9 Å². The van der Waals surface area contributed by atoms with Crippen LogP contribution in [0.4, 0.5) is 5.69 Å². The molecule has 0 bridgehead atoms. The van der Waals surface area contributed by atoms with Crippen LogP contribution in [-0.4, -0.2) is 41.5 Å². The molecule has 20 heavy (non-hydrogen) atoms. The highest BCUT2D eigenvalue weighted by atomic mass is 32.2. The van der Waals surface area contributed by atoms with E-state index in [1.807, 2.05) is 51.2 Å². The van der Waals surface area contributed by atoms with Gasteiger partial charge in [0.2, 0.25) is 0 Å². The van der Waals surface area contributed by atoms with E-state index in [9.17, 15) is 4.79 Å². The van der Waals surface area contributed by atoms with E-state index >= 15 is 0 Å². The first-order valence-corrected chi connectivity index (χ1v) is 7.78. The van der Waals surface area contributed by atoms with Gasteiger partial charge in [-0.25, -0.2) is 4.99 Å². The van der Waals surface area contributed by atoms with Crippen molar-refractivity contribution in [1.82, 2.24) is 4.90 Å². The molecule has 1 aromatic carbocycles. The van der Waals surface area contributed by atoms with Crippen LogP contribution in [0.15, 0.2) is 35.3 Å². The quantitative estimate of drug-likeness (QED) is 0.800. The van der Waals surface area contributed by atoms with E-state index in [1.54, 1.807) is 11.8 Å². The molecule has 1 aromatic rings. The number of carbonyl (C=O) groups excluding carboxylic acids is 1. The van der Waals surface area contributed by atoms with Crippen LogP contribution in [0.5, 0.6) is 0 Å². The Morgan fingerprint density at radius 1 is 1.50 bits per heavy atom. The third-order valence-corrected chi connectivity index (χ3v) is 4.54. The van der Waals surface area contributed by atoms with E-state index in [4.69, 9.17) is 4.74 Å². The molecule has 0 aliphatic carbocycles. The molecule has 2 unspecified atom stereocenters. The average molecular weight is 292 g/mol. The summed E-state index contributed by atoms with van der Waals surface area (Å²) in [5.74, 6) is 0.587. The van der Waals surface area contributed by atoms with Gasteiger partial charge in [-0.3, -0.25) is 4.79 Å². The smallest absolute Gasteiger partial charge is 0.310 e. The highest BCUT2D eigenvalue weighted by molar-refractivity contribution is 8.14. The Kier molecular flexibility index (Phi) is 5.06. The fourth-order valence-corrected chi connectivity index (χ4v) is 3.49. The third-order valence-electron chi connectivity index (χ3n) is 3.40. The number of carbonyl (C=O) groups is 1. The maximum absolute atomic E-state index is 11.8. The van der Waals surface area contributed by atoms with Crippen molar-refractivity contribution < 1.29 is 9.53 Å². The summed E-state index contributed by atoms with van der Waals surface area (Å²) in [4.78, 5) is 18.6. The van der Waals surface area contributed by atoms with Crippen LogP contribution >= 0.6 is 11.8 Å². The van der Waals surface area contributed by atoms with Gasteiger partial charge >= 0.3 is 5.97 Å². The van der Waals surface area contributed by atoms with Gasteiger partial charge in [-0.15, -0.1) is 0 Å². The zero-order chi connectivity index (χ0) is 14.5. The van der Waals surface area contributed by atoms with E-state index in [2.05, 4.69) is 9.89 Å². The molecule has 2 rings (SSSR count). The van der Waals surface area contributed by atoms with Gasteiger partial charge in [0.25, 0.3) is 0 Å². The molecule has 2 atom stereocenters. The maximum atomic E-state index is 11.8. The predicted octanol–water partition coefficient (Wildman–Crippen LogP) is 2.92. The molecule has 4 nitrogen and oxygen atoms in total. The van der Waals surface area contributed by atoms with Crippen LogP contribution < -0.4 is 0 Å². The monoisotopic (exact) mass is 292 g/mol.